The van der Waals surface area contributed by atoms with E-state index in [4.69, 9.17) is 0 Å². The van der Waals surface area contributed by atoms with E-state index in [1.807, 2.05) is 11.4 Å². The molecule has 0 saturated carbocycles. The zero-order chi connectivity index (χ0) is 21.0. The Morgan fingerprint density at radius 1 is 1.10 bits per heavy atom. The van der Waals surface area contributed by atoms with Crippen molar-refractivity contribution in [3.05, 3.63) is 65.3 Å². The Morgan fingerprint density at radius 2 is 1.90 bits per heavy atom. The lowest BCUT2D eigenvalue weighted by Gasteiger charge is -2.26. The smallest absolute Gasteiger partial charge is 0.243 e. The van der Waals surface area contributed by atoms with Crippen LogP contribution in [0.3, 0.4) is 0 Å². The molecule has 0 unspecified atom stereocenters. The van der Waals surface area contributed by atoms with Crippen molar-refractivity contribution in [2.75, 3.05) is 18.5 Å². The second kappa shape index (κ2) is 9.03. The number of hydrogen-bond acceptors (Lipinski definition) is 6. The van der Waals surface area contributed by atoms with E-state index in [2.05, 4.69) is 15.5 Å². The van der Waals surface area contributed by atoms with E-state index in [-0.39, 0.29) is 10.7 Å². The maximum Gasteiger partial charge on any atom is 0.243 e. The second-order valence-electron chi connectivity index (χ2n) is 6.92. The quantitative estimate of drug-likeness (QED) is 0.446. The maximum atomic E-state index is 13.6. The number of hydrazone groups is 1. The summed E-state index contributed by atoms with van der Waals surface area (Å²) in [5.41, 5.74) is 4.53. The van der Waals surface area contributed by atoms with Gasteiger partial charge < -0.3 is 0 Å². The molecule has 1 aromatic heterocycles. The number of sulfonamides is 1. The summed E-state index contributed by atoms with van der Waals surface area (Å²) in [6.07, 6.45) is 4.25. The molecule has 0 radical (unpaired) electrons. The van der Waals surface area contributed by atoms with Crippen LogP contribution < -0.4 is 5.43 Å². The Balaban J connectivity index is 1.50. The van der Waals surface area contributed by atoms with Crippen molar-refractivity contribution in [2.24, 2.45) is 5.10 Å². The van der Waals surface area contributed by atoms with E-state index >= 15 is 0 Å². The Hall–Kier alpha value is -2.62. The van der Waals surface area contributed by atoms with Gasteiger partial charge in [-0.05, 0) is 31.0 Å². The van der Waals surface area contributed by atoms with Crippen LogP contribution in [-0.2, 0) is 10.0 Å². The van der Waals surface area contributed by atoms with Gasteiger partial charge in [0.15, 0.2) is 0 Å². The molecular weight excluding hydrogens is 423 g/mol. The monoisotopic (exact) mass is 444 g/mol. The van der Waals surface area contributed by atoms with E-state index in [1.54, 1.807) is 40.7 Å². The highest BCUT2D eigenvalue weighted by Gasteiger charge is 2.26. The summed E-state index contributed by atoms with van der Waals surface area (Å²) < 4.78 is 41.0. The van der Waals surface area contributed by atoms with Gasteiger partial charge in [0.2, 0.25) is 15.2 Å². The highest BCUT2D eigenvalue weighted by atomic mass is 32.2. The van der Waals surface area contributed by atoms with E-state index < -0.39 is 10.0 Å². The van der Waals surface area contributed by atoms with Crippen LogP contribution in [0.5, 0.6) is 0 Å². The third-order valence-electron chi connectivity index (χ3n) is 4.86. The van der Waals surface area contributed by atoms with E-state index in [0.29, 0.717) is 29.5 Å². The minimum absolute atomic E-state index is 0.280. The molecule has 9 heteroatoms. The molecule has 2 heterocycles. The van der Waals surface area contributed by atoms with Crippen molar-refractivity contribution in [2.45, 2.75) is 24.2 Å². The molecule has 156 valence electrons. The molecule has 1 fully saturated rings. The van der Waals surface area contributed by atoms with Gasteiger partial charge in [0, 0.05) is 29.6 Å². The van der Waals surface area contributed by atoms with Crippen molar-refractivity contribution in [1.82, 2.24) is 9.29 Å². The lowest BCUT2D eigenvalue weighted by Crippen LogP contribution is -2.35. The predicted molar refractivity (Wildman–Crippen MR) is 118 cm³/mol. The van der Waals surface area contributed by atoms with Crippen LogP contribution in [0.4, 0.5) is 9.52 Å². The SMILES string of the molecule is O=S(=O)(c1cccc(-c2csc(NN=Cc3ccccc3F)n2)c1)N1CCCCC1. The zero-order valence-electron chi connectivity index (χ0n) is 16.2. The summed E-state index contributed by atoms with van der Waals surface area (Å²) in [5.74, 6) is -0.352. The largest absolute Gasteiger partial charge is 0.253 e. The first-order chi connectivity index (χ1) is 14.5. The maximum absolute atomic E-state index is 13.6. The van der Waals surface area contributed by atoms with Crippen LogP contribution in [0.2, 0.25) is 0 Å². The molecule has 1 aliphatic rings. The zero-order valence-corrected chi connectivity index (χ0v) is 17.8. The Morgan fingerprint density at radius 3 is 2.70 bits per heavy atom. The van der Waals surface area contributed by atoms with E-state index in [9.17, 15) is 12.8 Å². The number of piperidine rings is 1. The van der Waals surface area contributed by atoms with Crippen LogP contribution in [0, 0.1) is 5.82 Å². The average Bonchev–Trinajstić information content (AvgIpc) is 3.25. The molecule has 2 aromatic carbocycles. The Kier molecular flexibility index (Phi) is 6.21. The third-order valence-corrected chi connectivity index (χ3v) is 7.50. The van der Waals surface area contributed by atoms with Crippen molar-refractivity contribution >= 4 is 32.7 Å². The Labute approximate surface area is 179 Å². The Bertz CT molecular complexity index is 1160. The summed E-state index contributed by atoms with van der Waals surface area (Å²) in [6.45, 7) is 1.13. The highest BCUT2D eigenvalue weighted by Crippen LogP contribution is 2.28. The first-order valence-electron chi connectivity index (χ1n) is 9.64. The molecule has 1 N–H and O–H groups in total. The molecule has 1 saturated heterocycles. The second-order valence-corrected chi connectivity index (χ2v) is 9.72. The van der Waals surface area contributed by atoms with Gasteiger partial charge in [-0.1, -0.05) is 36.8 Å². The molecular formula is C21H21FN4O2S2. The minimum atomic E-state index is -3.50. The standard InChI is InChI=1S/C21H21FN4O2S2/c22-19-10-3-2-7-17(19)14-23-25-21-24-20(15-29-21)16-8-6-9-18(13-16)30(27,28)26-11-4-1-5-12-26/h2-3,6-10,13-15H,1,4-5,11-12H2,(H,24,25). The summed E-state index contributed by atoms with van der Waals surface area (Å²) in [4.78, 5) is 4.74. The average molecular weight is 445 g/mol. The van der Waals surface area contributed by atoms with Gasteiger partial charge in [-0.25, -0.2) is 17.8 Å². The van der Waals surface area contributed by atoms with Crippen LogP contribution in [0.1, 0.15) is 24.8 Å². The van der Waals surface area contributed by atoms with Crippen molar-refractivity contribution in [3.63, 3.8) is 0 Å². The number of benzene rings is 2. The minimum Gasteiger partial charge on any atom is -0.253 e. The van der Waals surface area contributed by atoms with Crippen LogP contribution >= 0.6 is 11.3 Å². The topological polar surface area (TPSA) is 74.7 Å². The van der Waals surface area contributed by atoms with Gasteiger partial charge in [-0.2, -0.15) is 9.41 Å². The van der Waals surface area contributed by atoms with Crippen LogP contribution in [0.25, 0.3) is 11.3 Å². The first kappa shape index (κ1) is 20.6. The van der Waals surface area contributed by atoms with Gasteiger partial charge in [0.25, 0.3) is 0 Å². The highest BCUT2D eigenvalue weighted by molar-refractivity contribution is 7.89. The fraction of sp³-hybridized carbons (Fsp3) is 0.238. The number of aromatic nitrogens is 1. The summed E-state index contributed by atoms with van der Waals surface area (Å²) in [7, 11) is -3.50. The van der Waals surface area contributed by atoms with E-state index in [1.165, 1.54) is 23.6 Å². The van der Waals surface area contributed by atoms with Gasteiger partial charge in [0.1, 0.15) is 5.82 Å². The lowest BCUT2D eigenvalue weighted by atomic mass is 10.2. The fourth-order valence-corrected chi connectivity index (χ4v) is 5.50. The number of thiazole rings is 1. The molecule has 6 nitrogen and oxygen atoms in total. The fourth-order valence-electron chi connectivity index (χ4n) is 3.26. The number of hydrogen-bond donors (Lipinski definition) is 1. The van der Waals surface area contributed by atoms with Crippen molar-refractivity contribution in [1.29, 1.82) is 0 Å². The van der Waals surface area contributed by atoms with Crippen molar-refractivity contribution in [3.8, 4) is 11.3 Å². The summed E-state index contributed by atoms with van der Waals surface area (Å²) >= 11 is 1.34. The molecule has 3 aromatic rings. The van der Waals surface area contributed by atoms with Crippen LogP contribution in [-0.4, -0.2) is 37.0 Å². The molecule has 30 heavy (non-hydrogen) atoms. The summed E-state index contributed by atoms with van der Waals surface area (Å²) in [6, 6.07) is 13.2. The lowest BCUT2D eigenvalue weighted by molar-refractivity contribution is 0.346. The van der Waals surface area contributed by atoms with Crippen LogP contribution in [0.15, 0.2) is 63.9 Å². The first-order valence-corrected chi connectivity index (χ1v) is 12.0. The van der Waals surface area contributed by atoms with Gasteiger partial charge in [-0.15, -0.1) is 11.3 Å². The molecule has 4 rings (SSSR count). The molecule has 0 aliphatic carbocycles. The normalized spacial score (nSPS) is 15.5. The van der Waals surface area contributed by atoms with E-state index in [0.717, 1.165) is 24.8 Å². The molecule has 0 bridgehead atoms. The molecule has 0 spiro atoms. The number of nitrogens with one attached hydrogen (secondary N) is 1. The molecule has 0 amide bonds. The predicted octanol–water partition coefficient (Wildman–Crippen LogP) is 4.57. The van der Waals surface area contributed by atoms with Gasteiger partial charge in [-0.3, -0.25) is 5.43 Å². The number of halogens is 1. The van der Waals surface area contributed by atoms with Crippen molar-refractivity contribution < 1.29 is 12.8 Å². The third kappa shape index (κ3) is 4.58. The van der Waals surface area contributed by atoms with Gasteiger partial charge in [0.05, 0.1) is 16.8 Å². The summed E-state index contributed by atoms with van der Waals surface area (Å²) in [5, 5.41) is 6.38. The number of anilines is 1. The van der Waals surface area contributed by atoms with Gasteiger partial charge >= 0.3 is 0 Å². The number of rotatable bonds is 6. The number of nitrogens with zero attached hydrogens (tertiary/aromatic N) is 3. The molecule has 1 aliphatic heterocycles. The molecule has 0 atom stereocenters.